The molecule has 0 spiro atoms. The first-order valence-corrected chi connectivity index (χ1v) is 9.14. The average Bonchev–Trinajstić information content (AvgIpc) is 2.85. The minimum Gasteiger partial charge on any atom is -0.352 e. The molecule has 1 aromatic rings. The molecule has 130 valence electrons. The van der Waals surface area contributed by atoms with Crippen molar-refractivity contribution in [3.8, 4) is 0 Å². The third-order valence-electron chi connectivity index (χ3n) is 4.40. The topological polar surface area (TPSA) is 46.2 Å². The first-order chi connectivity index (χ1) is 11.5. The predicted molar refractivity (Wildman–Crippen MR) is 98.2 cm³/mol. The first kappa shape index (κ1) is 19.0. The van der Waals surface area contributed by atoms with E-state index in [0.29, 0.717) is 29.4 Å². The van der Waals surface area contributed by atoms with Gasteiger partial charge in [0.05, 0.1) is 0 Å². The van der Waals surface area contributed by atoms with Crippen molar-refractivity contribution in [1.29, 1.82) is 0 Å². The quantitative estimate of drug-likeness (QED) is 0.692. The molecule has 0 aromatic heterocycles. The van der Waals surface area contributed by atoms with Crippen LogP contribution in [0, 0.1) is 11.8 Å². The molecule has 1 fully saturated rings. The van der Waals surface area contributed by atoms with Crippen molar-refractivity contribution in [2.75, 3.05) is 0 Å². The average molecular weight is 368 g/mol. The van der Waals surface area contributed by atoms with Gasteiger partial charge in [0.1, 0.15) is 5.78 Å². The van der Waals surface area contributed by atoms with Gasteiger partial charge in [-0.2, -0.15) is 0 Å². The summed E-state index contributed by atoms with van der Waals surface area (Å²) >= 11 is 11.9. The molecule has 0 bridgehead atoms. The van der Waals surface area contributed by atoms with E-state index >= 15 is 0 Å². The van der Waals surface area contributed by atoms with Crippen molar-refractivity contribution in [1.82, 2.24) is 5.32 Å². The highest BCUT2D eigenvalue weighted by molar-refractivity contribution is 6.34. The Labute approximate surface area is 153 Å². The summed E-state index contributed by atoms with van der Waals surface area (Å²) in [6, 6.07) is 5.23. The number of ketones is 1. The zero-order chi connectivity index (χ0) is 17.5. The zero-order valence-corrected chi connectivity index (χ0v) is 15.4. The van der Waals surface area contributed by atoms with Crippen molar-refractivity contribution in [2.45, 2.75) is 45.6 Å². The van der Waals surface area contributed by atoms with Gasteiger partial charge in [0.2, 0.25) is 5.91 Å². The molecule has 24 heavy (non-hydrogen) atoms. The third kappa shape index (κ3) is 5.64. The maximum Gasteiger partial charge on any atom is 0.220 e. The molecule has 1 aromatic carbocycles. The Balaban J connectivity index is 1.86. The summed E-state index contributed by atoms with van der Waals surface area (Å²) in [6.45, 7) is 2.46. The number of carbonyl (C=O) groups is 2. The lowest BCUT2D eigenvalue weighted by atomic mass is 9.89. The van der Waals surface area contributed by atoms with Gasteiger partial charge in [-0.15, -0.1) is 0 Å². The maximum absolute atomic E-state index is 12.2. The third-order valence-corrected chi connectivity index (χ3v) is 4.83. The summed E-state index contributed by atoms with van der Waals surface area (Å²) in [7, 11) is 0. The Morgan fingerprint density at radius 3 is 2.62 bits per heavy atom. The number of amides is 1. The maximum atomic E-state index is 12.2. The molecule has 3 nitrogen and oxygen atoms in total. The number of Topliss-reactive ketones (excluding diaryl/α,β-unsaturated/α-hetero) is 1. The number of allylic oxidation sites excluding steroid dienone is 2. The molecule has 1 N–H and O–H groups in total. The monoisotopic (exact) mass is 367 g/mol. The van der Waals surface area contributed by atoms with Gasteiger partial charge in [-0.25, -0.2) is 0 Å². The summed E-state index contributed by atoms with van der Waals surface area (Å²) in [4.78, 5) is 24.2. The second-order valence-electron chi connectivity index (χ2n) is 6.25. The highest BCUT2D eigenvalue weighted by atomic mass is 35.5. The number of carbonyl (C=O) groups excluding carboxylic acids is 2. The fraction of sp³-hybridized carbons (Fsp3) is 0.474. The largest absolute Gasteiger partial charge is 0.352 e. The van der Waals surface area contributed by atoms with Crippen molar-refractivity contribution in [3.63, 3.8) is 0 Å². The van der Waals surface area contributed by atoms with E-state index in [1.807, 2.05) is 0 Å². The van der Waals surface area contributed by atoms with Crippen molar-refractivity contribution < 1.29 is 9.59 Å². The highest BCUT2D eigenvalue weighted by Crippen LogP contribution is 2.34. The molecule has 1 saturated carbocycles. The van der Waals surface area contributed by atoms with Crippen molar-refractivity contribution in [3.05, 3.63) is 46.0 Å². The van der Waals surface area contributed by atoms with Crippen LogP contribution in [0.4, 0.5) is 0 Å². The van der Waals surface area contributed by atoms with E-state index in [4.69, 9.17) is 23.2 Å². The molecule has 1 aliphatic carbocycles. The molecule has 0 radical (unpaired) electrons. The lowest BCUT2D eigenvalue weighted by Gasteiger charge is -2.16. The second-order valence-corrected chi connectivity index (χ2v) is 7.12. The number of hydrogen-bond donors (Lipinski definition) is 1. The molecular formula is C19H23Cl2NO2. The number of rotatable bonds is 7. The summed E-state index contributed by atoms with van der Waals surface area (Å²) in [5.41, 5.74) is 0.866. The highest BCUT2D eigenvalue weighted by Gasteiger charge is 2.34. The molecular weight excluding hydrogens is 345 g/mol. The number of hydrogen-bond acceptors (Lipinski definition) is 2. The fourth-order valence-corrected chi connectivity index (χ4v) is 3.75. The van der Waals surface area contributed by atoms with E-state index in [-0.39, 0.29) is 23.5 Å². The van der Waals surface area contributed by atoms with E-state index in [0.717, 1.165) is 24.8 Å². The molecule has 5 heteroatoms. The molecule has 2 rings (SSSR count). The lowest BCUT2D eigenvalue weighted by molar-refractivity contribution is -0.123. The SMILES string of the molecule is CC/C=C\C[C@H]1C(=O)CC[C@@H]1CC(=O)NCc1cc(Cl)cc(Cl)c1. The number of nitrogens with one attached hydrogen (secondary N) is 1. The smallest absolute Gasteiger partial charge is 0.220 e. The molecule has 0 aliphatic heterocycles. The summed E-state index contributed by atoms with van der Waals surface area (Å²) in [5.74, 6) is 0.381. The van der Waals surface area contributed by atoms with E-state index < -0.39 is 0 Å². The molecule has 1 amide bonds. The summed E-state index contributed by atoms with van der Waals surface area (Å²) in [6.07, 6.45) is 7.64. The Hall–Kier alpha value is -1.32. The first-order valence-electron chi connectivity index (χ1n) is 8.39. The number of benzene rings is 1. The van der Waals surface area contributed by atoms with Crippen LogP contribution >= 0.6 is 23.2 Å². The molecule has 0 unspecified atom stereocenters. The van der Waals surface area contributed by atoms with E-state index in [1.54, 1.807) is 18.2 Å². The van der Waals surface area contributed by atoms with Crippen LogP contribution in [0.15, 0.2) is 30.4 Å². The lowest BCUT2D eigenvalue weighted by Crippen LogP contribution is -2.27. The predicted octanol–water partition coefficient (Wildman–Crippen LogP) is 4.95. The number of halogens is 2. The molecule has 0 saturated heterocycles. The minimum atomic E-state index is -0.0322. The van der Waals surface area contributed by atoms with E-state index in [2.05, 4.69) is 24.4 Å². The van der Waals surface area contributed by atoms with Crippen LogP contribution in [0.2, 0.25) is 10.0 Å². The van der Waals surface area contributed by atoms with Crippen LogP contribution in [0.1, 0.15) is 44.6 Å². The van der Waals surface area contributed by atoms with E-state index in [1.165, 1.54) is 0 Å². The minimum absolute atomic E-state index is 0.0147. The van der Waals surface area contributed by atoms with E-state index in [9.17, 15) is 9.59 Å². The van der Waals surface area contributed by atoms with Crippen LogP contribution in [-0.4, -0.2) is 11.7 Å². The zero-order valence-electron chi connectivity index (χ0n) is 13.9. The van der Waals surface area contributed by atoms with Gasteiger partial charge in [0, 0.05) is 35.3 Å². The van der Waals surface area contributed by atoms with Crippen LogP contribution in [0.3, 0.4) is 0 Å². The Kier molecular flexibility index (Phi) is 7.32. The van der Waals surface area contributed by atoms with Crippen LogP contribution in [0.5, 0.6) is 0 Å². The van der Waals surface area contributed by atoms with Crippen LogP contribution < -0.4 is 5.32 Å². The molecule has 1 aliphatic rings. The fourth-order valence-electron chi connectivity index (χ4n) is 3.18. The Morgan fingerprint density at radius 2 is 1.96 bits per heavy atom. The van der Waals surface area contributed by atoms with Gasteiger partial charge in [-0.05, 0) is 48.9 Å². The van der Waals surface area contributed by atoms with Gasteiger partial charge < -0.3 is 5.32 Å². The van der Waals surface area contributed by atoms with Gasteiger partial charge >= 0.3 is 0 Å². The van der Waals surface area contributed by atoms with Gasteiger partial charge in [0.25, 0.3) is 0 Å². The van der Waals surface area contributed by atoms with Crippen LogP contribution in [-0.2, 0) is 16.1 Å². The molecule has 0 heterocycles. The van der Waals surface area contributed by atoms with Gasteiger partial charge in [-0.3, -0.25) is 9.59 Å². The summed E-state index contributed by atoms with van der Waals surface area (Å²) < 4.78 is 0. The molecule has 2 atom stereocenters. The van der Waals surface area contributed by atoms with Crippen LogP contribution in [0.25, 0.3) is 0 Å². The van der Waals surface area contributed by atoms with Gasteiger partial charge in [-0.1, -0.05) is 42.3 Å². The normalized spacial score (nSPS) is 20.7. The van der Waals surface area contributed by atoms with Gasteiger partial charge in [0.15, 0.2) is 0 Å². The second kappa shape index (κ2) is 9.24. The Bertz CT molecular complexity index is 608. The van der Waals surface area contributed by atoms with Crippen molar-refractivity contribution >= 4 is 34.9 Å². The Morgan fingerprint density at radius 1 is 1.25 bits per heavy atom. The van der Waals surface area contributed by atoms with Crippen molar-refractivity contribution in [2.24, 2.45) is 11.8 Å². The standard InChI is InChI=1S/C19H23Cl2NO2/c1-2-3-4-5-17-14(6-7-18(17)23)10-19(24)22-12-13-8-15(20)11-16(21)9-13/h3-4,8-9,11,14,17H,2,5-7,10,12H2,1H3,(H,22,24)/b4-3-/t14-,17-/m1/s1. The summed E-state index contributed by atoms with van der Waals surface area (Å²) in [5, 5.41) is 4.00.